The van der Waals surface area contributed by atoms with E-state index in [0.717, 1.165) is 5.56 Å². The normalized spacial score (nSPS) is 10.9. The van der Waals surface area contributed by atoms with Crippen molar-refractivity contribution in [3.63, 3.8) is 0 Å². The van der Waals surface area contributed by atoms with Crippen molar-refractivity contribution < 1.29 is 22.7 Å². The van der Waals surface area contributed by atoms with Gasteiger partial charge in [0.2, 0.25) is 0 Å². The summed E-state index contributed by atoms with van der Waals surface area (Å²) in [6.07, 6.45) is 0. The highest BCUT2D eigenvalue weighted by atomic mass is 32.2. The number of methoxy groups -OCH3 is 1. The van der Waals surface area contributed by atoms with Gasteiger partial charge in [0.25, 0.3) is 15.9 Å². The predicted octanol–water partition coefficient (Wildman–Crippen LogP) is 4.46. The fourth-order valence-electron chi connectivity index (χ4n) is 2.91. The SMILES string of the molecule is CCOc1ccccc1NC(=O)c1ccc(OC)c(S(=O)(=O)Nc2ccc(C)cc2)c1. The molecule has 0 saturated heterocycles. The van der Waals surface area contributed by atoms with E-state index in [1.54, 1.807) is 48.5 Å². The lowest BCUT2D eigenvalue weighted by Crippen LogP contribution is -2.17. The van der Waals surface area contributed by atoms with Crippen LogP contribution in [0.5, 0.6) is 11.5 Å². The second kappa shape index (κ2) is 9.53. The van der Waals surface area contributed by atoms with Crippen LogP contribution in [0.25, 0.3) is 0 Å². The Labute approximate surface area is 182 Å². The Bertz CT molecular complexity index is 1170. The summed E-state index contributed by atoms with van der Waals surface area (Å²) < 4.78 is 39.3. The first-order chi connectivity index (χ1) is 14.8. The number of anilines is 2. The van der Waals surface area contributed by atoms with Gasteiger partial charge in [-0.1, -0.05) is 29.8 Å². The summed E-state index contributed by atoms with van der Waals surface area (Å²) in [5.41, 5.74) is 2.07. The molecule has 3 aromatic rings. The van der Waals surface area contributed by atoms with E-state index in [0.29, 0.717) is 23.7 Å². The lowest BCUT2D eigenvalue weighted by atomic mass is 10.2. The third-order valence-electron chi connectivity index (χ3n) is 4.45. The fraction of sp³-hybridized carbons (Fsp3) is 0.174. The van der Waals surface area contributed by atoms with Crippen LogP contribution in [0.4, 0.5) is 11.4 Å². The summed E-state index contributed by atoms with van der Waals surface area (Å²) >= 11 is 0. The molecule has 3 rings (SSSR count). The molecule has 2 N–H and O–H groups in total. The van der Waals surface area contributed by atoms with Gasteiger partial charge in [-0.2, -0.15) is 0 Å². The van der Waals surface area contributed by atoms with Crippen LogP contribution in [-0.2, 0) is 10.0 Å². The standard InChI is InChI=1S/C23H24N2O5S/c1-4-30-20-8-6-5-7-19(20)24-23(26)17-11-14-21(29-3)22(15-17)31(27,28)25-18-12-9-16(2)10-13-18/h5-15,25H,4H2,1-3H3,(H,24,26). The molecular weight excluding hydrogens is 416 g/mol. The molecule has 0 saturated carbocycles. The van der Waals surface area contributed by atoms with Crippen molar-refractivity contribution in [3.8, 4) is 11.5 Å². The van der Waals surface area contributed by atoms with E-state index in [2.05, 4.69) is 10.0 Å². The van der Waals surface area contributed by atoms with Gasteiger partial charge in [-0.3, -0.25) is 9.52 Å². The molecule has 31 heavy (non-hydrogen) atoms. The van der Waals surface area contributed by atoms with Crippen LogP contribution < -0.4 is 19.5 Å². The molecule has 0 aromatic heterocycles. The van der Waals surface area contributed by atoms with Crippen molar-refractivity contribution in [2.75, 3.05) is 23.8 Å². The third-order valence-corrected chi connectivity index (χ3v) is 5.86. The van der Waals surface area contributed by atoms with Gasteiger partial charge >= 0.3 is 0 Å². The number of rotatable bonds is 8. The first-order valence-electron chi connectivity index (χ1n) is 9.64. The van der Waals surface area contributed by atoms with Gasteiger partial charge in [-0.25, -0.2) is 8.42 Å². The van der Waals surface area contributed by atoms with Crippen molar-refractivity contribution in [2.45, 2.75) is 18.7 Å². The number of ether oxygens (including phenoxy) is 2. The van der Waals surface area contributed by atoms with Crippen molar-refractivity contribution >= 4 is 27.3 Å². The van der Waals surface area contributed by atoms with Crippen LogP contribution >= 0.6 is 0 Å². The Hall–Kier alpha value is -3.52. The van der Waals surface area contributed by atoms with Crippen molar-refractivity contribution in [2.24, 2.45) is 0 Å². The van der Waals surface area contributed by atoms with E-state index in [9.17, 15) is 13.2 Å². The van der Waals surface area contributed by atoms with Crippen LogP contribution in [0.3, 0.4) is 0 Å². The predicted molar refractivity (Wildman–Crippen MR) is 121 cm³/mol. The first-order valence-corrected chi connectivity index (χ1v) is 11.1. The Morgan fingerprint density at radius 3 is 2.35 bits per heavy atom. The topological polar surface area (TPSA) is 93.7 Å². The number of aryl methyl sites for hydroxylation is 1. The highest BCUT2D eigenvalue weighted by Crippen LogP contribution is 2.29. The van der Waals surface area contributed by atoms with Crippen LogP contribution in [0, 0.1) is 6.92 Å². The third kappa shape index (κ3) is 5.35. The number of carbonyl (C=O) groups excluding carboxylic acids is 1. The van der Waals surface area contributed by atoms with E-state index in [1.807, 2.05) is 13.8 Å². The summed E-state index contributed by atoms with van der Waals surface area (Å²) in [5, 5.41) is 2.76. The molecule has 1 amide bonds. The van der Waals surface area contributed by atoms with E-state index in [4.69, 9.17) is 9.47 Å². The molecule has 7 nitrogen and oxygen atoms in total. The lowest BCUT2D eigenvalue weighted by molar-refractivity contribution is 0.102. The van der Waals surface area contributed by atoms with Gasteiger partial charge in [0, 0.05) is 11.3 Å². The van der Waals surface area contributed by atoms with Gasteiger partial charge in [-0.15, -0.1) is 0 Å². The summed E-state index contributed by atoms with van der Waals surface area (Å²) in [4.78, 5) is 12.7. The molecule has 0 aliphatic carbocycles. The Morgan fingerprint density at radius 1 is 0.968 bits per heavy atom. The zero-order chi connectivity index (χ0) is 22.4. The van der Waals surface area contributed by atoms with Gasteiger partial charge in [0.05, 0.1) is 19.4 Å². The number of carbonyl (C=O) groups is 1. The largest absolute Gasteiger partial charge is 0.495 e. The zero-order valence-corrected chi connectivity index (χ0v) is 18.3. The van der Waals surface area contributed by atoms with Gasteiger partial charge in [-0.05, 0) is 56.3 Å². The minimum Gasteiger partial charge on any atom is -0.495 e. The number of hydrogen-bond acceptors (Lipinski definition) is 5. The van der Waals surface area contributed by atoms with Gasteiger partial charge in [0.15, 0.2) is 0 Å². The minimum absolute atomic E-state index is 0.130. The Morgan fingerprint density at radius 2 is 1.68 bits per heavy atom. The number of nitrogens with one attached hydrogen (secondary N) is 2. The molecule has 8 heteroatoms. The molecule has 0 radical (unpaired) electrons. The molecule has 0 atom stereocenters. The molecule has 3 aromatic carbocycles. The molecule has 0 aliphatic heterocycles. The number of amides is 1. The maximum absolute atomic E-state index is 13.0. The van der Waals surface area contributed by atoms with Crippen LogP contribution in [0.2, 0.25) is 0 Å². The quantitative estimate of drug-likeness (QED) is 0.540. The highest BCUT2D eigenvalue weighted by Gasteiger charge is 2.22. The number of sulfonamides is 1. The summed E-state index contributed by atoms with van der Waals surface area (Å²) in [7, 11) is -2.62. The van der Waals surface area contributed by atoms with E-state index < -0.39 is 15.9 Å². The van der Waals surface area contributed by atoms with Crippen molar-refractivity contribution in [1.82, 2.24) is 0 Å². The summed E-state index contributed by atoms with van der Waals surface area (Å²) in [6, 6.07) is 18.2. The zero-order valence-electron chi connectivity index (χ0n) is 17.5. The molecule has 162 valence electrons. The first kappa shape index (κ1) is 22.2. The molecule has 0 heterocycles. The molecule has 0 aliphatic rings. The average molecular weight is 441 g/mol. The average Bonchev–Trinajstić information content (AvgIpc) is 2.76. The second-order valence-corrected chi connectivity index (χ2v) is 8.37. The maximum Gasteiger partial charge on any atom is 0.265 e. The molecule has 0 spiro atoms. The molecule has 0 fully saturated rings. The van der Waals surface area contributed by atoms with Crippen LogP contribution in [-0.4, -0.2) is 28.0 Å². The van der Waals surface area contributed by atoms with Crippen LogP contribution in [0.15, 0.2) is 71.6 Å². The molecule has 0 bridgehead atoms. The van der Waals surface area contributed by atoms with Gasteiger partial charge in [0.1, 0.15) is 16.4 Å². The number of benzene rings is 3. The number of hydrogen-bond donors (Lipinski definition) is 2. The minimum atomic E-state index is -3.99. The van der Waals surface area contributed by atoms with Crippen molar-refractivity contribution in [3.05, 3.63) is 77.9 Å². The second-order valence-electron chi connectivity index (χ2n) is 6.72. The number of para-hydroxylation sites is 2. The smallest absolute Gasteiger partial charge is 0.265 e. The fourth-order valence-corrected chi connectivity index (χ4v) is 4.16. The van der Waals surface area contributed by atoms with E-state index >= 15 is 0 Å². The van der Waals surface area contributed by atoms with E-state index in [1.165, 1.54) is 25.3 Å². The van der Waals surface area contributed by atoms with E-state index in [-0.39, 0.29) is 16.2 Å². The Balaban J connectivity index is 1.91. The van der Waals surface area contributed by atoms with Crippen LogP contribution in [0.1, 0.15) is 22.8 Å². The molecule has 0 unspecified atom stereocenters. The maximum atomic E-state index is 13.0. The van der Waals surface area contributed by atoms with Crippen molar-refractivity contribution in [1.29, 1.82) is 0 Å². The summed E-state index contributed by atoms with van der Waals surface area (Å²) in [5.74, 6) is 0.188. The highest BCUT2D eigenvalue weighted by molar-refractivity contribution is 7.92. The van der Waals surface area contributed by atoms with Gasteiger partial charge < -0.3 is 14.8 Å². The summed E-state index contributed by atoms with van der Waals surface area (Å²) in [6.45, 7) is 4.20. The Kier molecular flexibility index (Phi) is 6.81. The molecular formula is C23H24N2O5S. The monoisotopic (exact) mass is 440 g/mol. The lowest BCUT2D eigenvalue weighted by Gasteiger charge is -2.14.